The molecular formula is C21H21NO6. The maximum Gasteiger partial charge on any atom is 0.262 e. The minimum Gasteiger partial charge on any atom is -0.497 e. The number of hydrogen-bond donors (Lipinski definition) is 2. The molecule has 0 spiro atoms. The van der Waals surface area contributed by atoms with Gasteiger partial charge in [0.1, 0.15) is 35.4 Å². The van der Waals surface area contributed by atoms with E-state index in [1.165, 1.54) is 7.11 Å². The van der Waals surface area contributed by atoms with Gasteiger partial charge in [-0.1, -0.05) is 0 Å². The molecule has 1 aromatic heterocycles. The van der Waals surface area contributed by atoms with Crippen LogP contribution < -0.4 is 19.5 Å². The van der Waals surface area contributed by atoms with Crippen molar-refractivity contribution in [2.75, 3.05) is 26.1 Å². The summed E-state index contributed by atoms with van der Waals surface area (Å²) in [6, 6.07) is 15.6. The normalized spacial score (nSPS) is 10.4. The quantitative estimate of drug-likeness (QED) is 0.619. The van der Waals surface area contributed by atoms with Crippen LogP contribution in [0.1, 0.15) is 5.76 Å². The maximum absolute atomic E-state index is 12.2. The van der Waals surface area contributed by atoms with Gasteiger partial charge in [-0.25, -0.2) is 0 Å². The molecular weight excluding hydrogens is 362 g/mol. The fourth-order valence-corrected chi connectivity index (χ4v) is 2.60. The summed E-state index contributed by atoms with van der Waals surface area (Å²) in [5, 5.41) is 11.9. The molecule has 0 saturated heterocycles. The Morgan fingerprint density at radius 1 is 1.00 bits per heavy atom. The van der Waals surface area contributed by atoms with Crippen molar-refractivity contribution in [3.63, 3.8) is 0 Å². The summed E-state index contributed by atoms with van der Waals surface area (Å²) in [6.45, 7) is -0.306. The first kappa shape index (κ1) is 19.3. The number of carbonyl (C=O) groups excluding carboxylic acids is 1. The van der Waals surface area contributed by atoms with Gasteiger partial charge in [-0.2, -0.15) is 0 Å². The lowest BCUT2D eigenvalue weighted by atomic mass is 10.1. The number of anilines is 1. The summed E-state index contributed by atoms with van der Waals surface area (Å²) in [4.78, 5) is 12.2. The summed E-state index contributed by atoms with van der Waals surface area (Å²) in [7, 11) is 3.12. The Morgan fingerprint density at radius 3 is 2.39 bits per heavy atom. The van der Waals surface area contributed by atoms with E-state index in [0.29, 0.717) is 34.5 Å². The summed E-state index contributed by atoms with van der Waals surface area (Å²) < 4.78 is 21.5. The zero-order chi connectivity index (χ0) is 19.9. The lowest BCUT2D eigenvalue weighted by Gasteiger charge is -2.11. The van der Waals surface area contributed by atoms with Crippen LogP contribution in [0, 0.1) is 0 Å². The van der Waals surface area contributed by atoms with Crippen molar-refractivity contribution in [1.82, 2.24) is 0 Å². The molecule has 0 radical (unpaired) electrons. The van der Waals surface area contributed by atoms with Gasteiger partial charge in [0.15, 0.2) is 6.61 Å². The molecule has 146 valence electrons. The number of ether oxygens (including phenoxy) is 3. The highest BCUT2D eigenvalue weighted by Gasteiger charge is 2.12. The van der Waals surface area contributed by atoms with Crippen molar-refractivity contribution < 1.29 is 28.5 Å². The van der Waals surface area contributed by atoms with E-state index in [9.17, 15) is 4.79 Å². The molecule has 0 bridgehead atoms. The molecule has 0 aliphatic carbocycles. The standard InChI is InChI=1S/C21H21NO6/c1-25-15-4-6-16(7-5-15)27-13-21(24)22-14-3-9-18(20(11-14)26-2)19-10-8-17(12-23)28-19/h3-11,23H,12-13H2,1-2H3,(H,22,24). The SMILES string of the molecule is COc1ccc(OCC(=O)Nc2ccc(-c3ccc(CO)o3)c(OC)c2)cc1. The van der Waals surface area contributed by atoms with E-state index in [0.717, 1.165) is 5.56 Å². The van der Waals surface area contributed by atoms with Gasteiger partial charge in [0, 0.05) is 11.8 Å². The molecule has 0 unspecified atom stereocenters. The van der Waals surface area contributed by atoms with Crippen LogP contribution in [-0.4, -0.2) is 31.8 Å². The van der Waals surface area contributed by atoms with Gasteiger partial charge in [-0.05, 0) is 48.5 Å². The second-order valence-corrected chi connectivity index (χ2v) is 5.85. The van der Waals surface area contributed by atoms with Gasteiger partial charge < -0.3 is 29.1 Å². The predicted molar refractivity (Wildman–Crippen MR) is 104 cm³/mol. The van der Waals surface area contributed by atoms with Crippen LogP contribution in [0.4, 0.5) is 5.69 Å². The van der Waals surface area contributed by atoms with Crippen LogP contribution in [0.2, 0.25) is 0 Å². The molecule has 0 fully saturated rings. The Morgan fingerprint density at radius 2 is 1.75 bits per heavy atom. The number of amides is 1. The molecule has 0 aliphatic heterocycles. The van der Waals surface area contributed by atoms with Gasteiger partial charge in [0.25, 0.3) is 5.91 Å². The van der Waals surface area contributed by atoms with Crippen molar-refractivity contribution in [1.29, 1.82) is 0 Å². The topological polar surface area (TPSA) is 90.2 Å². The van der Waals surface area contributed by atoms with Crippen LogP contribution in [0.25, 0.3) is 11.3 Å². The summed E-state index contributed by atoms with van der Waals surface area (Å²) in [5.74, 6) is 2.55. The molecule has 0 atom stereocenters. The fourth-order valence-electron chi connectivity index (χ4n) is 2.60. The second-order valence-electron chi connectivity index (χ2n) is 5.85. The molecule has 0 aliphatic rings. The summed E-state index contributed by atoms with van der Waals surface area (Å²) >= 11 is 0. The third-order valence-corrected chi connectivity index (χ3v) is 4.00. The number of rotatable bonds is 8. The van der Waals surface area contributed by atoms with Gasteiger partial charge in [-0.15, -0.1) is 0 Å². The molecule has 28 heavy (non-hydrogen) atoms. The molecule has 3 aromatic rings. The Balaban J connectivity index is 1.63. The molecule has 0 saturated carbocycles. The van der Waals surface area contributed by atoms with Gasteiger partial charge in [0.2, 0.25) is 0 Å². The number of carbonyl (C=O) groups is 1. The van der Waals surface area contributed by atoms with Crippen molar-refractivity contribution in [3.8, 4) is 28.6 Å². The highest BCUT2D eigenvalue weighted by molar-refractivity contribution is 5.92. The minimum atomic E-state index is -0.300. The first-order valence-corrected chi connectivity index (χ1v) is 8.57. The number of nitrogens with one attached hydrogen (secondary N) is 1. The van der Waals surface area contributed by atoms with Gasteiger partial charge in [0.05, 0.1) is 19.8 Å². The number of aliphatic hydroxyl groups is 1. The van der Waals surface area contributed by atoms with Crippen LogP contribution in [0.15, 0.2) is 59.0 Å². The van der Waals surface area contributed by atoms with Crippen LogP contribution in [0.5, 0.6) is 17.2 Å². The average molecular weight is 383 g/mol. The average Bonchev–Trinajstić information content (AvgIpc) is 3.21. The lowest BCUT2D eigenvalue weighted by molar-refractivity contribution is -0.118. The van der Waals surface area contributed by atoms with Crippen molar-refractivity contribution >= 4 is 11.6 Å². The predicted octanol–water partition coefficient (Wildman–Crippen LogP) is 3.47. The van der Waals surface area contributed by atoms with E-state index < -0.39 is 0 Å². The first-order chi connectivity index (χ1) is 13.6. The van der Waals surface area contributed by atoms with Crippen molar-refractivity contribution in [2.24, 2.45) is 0 Å². The number of methoxy groups -OCH3 is 2. The third-order valence-electron chi connectivity index (χ3n) is 4.00. The zero-order valence-electron chi connectivity index (χ0n) is 15.6. The maximum atomic E-state index is 12.2. The Labute approximate surface area is 162 Å². The number of benzene rings is 2. The zero-order valence-corrected chi connectivity index (χ0v) is 15.6. The molecule has 7 heteroatoms. The van der Waals surface area contributed by atoms with Gasteiger partial charge >= 0.3 is 0 Å². The summed E-state index contributed by atoms with van der Waals surface area (Å²) in [5.41, 5.74) is 1.28. The van der Waals surface area contributed by atoms with E-state index >= 15 is 0 Å². The summed E-state index contributed by atoms with van der Waals surface area (Å²) in [6.07, 6.45) is 0. The molecule has 1 heterocycles. The molecule has 2 N–H and O–H groups in total. The highest BCUT2D eigenvalue weighted by atomic mass is 16.5. The van der Waals surface area contributed by atoms with Gasteiger partial charge in [-0.3, -0.25) is 4.79 Å². The number of hydrogen-bond acceptors (Lipinski definition) is 6. The van der Waals surface area contributed by atoms with E-state index in [-0.39, 0.29) is 19.1 Å². The van der Waals surface area contributed by atoms with E-state index in [1.54, 1.807) is 61.7 Å². The van der Waals surface area contributed by atoms with E-state index in [2.05, 4.69) is 5.32 Å². The van der Waals surface area contributed by atoms with E-state index in [1.807, 2.05) is 0 Å². The van der Waals surface area contributed by atoms with Crippen LogP contribution in [0.3, 0.4) is 0 Å². The third kappa shape index (κ3) is 4.63. The van der Waals surface area contributed by atoms with Crippen molar-refractivity contribution in [2.45, 2.75) is 6.61 Å². The second kappa shape index (κ2) is 8.96. The fraction of sp³-hybridized carbons (Fsp3) is 0.190. The Hall–Kier alpha value is -3.45. The number of aliphatic hydroxyl groups excluding tert-OH is 1. The van der Waals surface area contributed by atoms with E-state index in [4.69, 9.17) is 23.7 Å². The van der Waals surface area contributed by atoms with Crippen molar-refractivity contribution in [3.05, 3.63) is 60.4 Å². The largest absolute Gasteiger partial charge is 0.497 e. The Kier molecular flexibility index (Phi) is 6.18. The van der Waals surface area contributed by atoms with Crippen LogP contribution in [-0.2, 0) is 11.4 Å². The lowest BCUT2D eigenvalue weighted by Crippen LogP contribution is -2.20. The smallest absolute Gasteiger partial charge is 0.262 e. The molecule has 2 aromatic carbocycles. The minimum absolute atomic E-state index is 0.131. The monoisotopic (exact) mass is 383 g/mol. The Bertz CT molecular complexity index is 932. The molecule has 3 rings (SSSR count). The van der Waals surface area contributed by atoms with Crippen LogP contribution >= 0.6 is 0 Å². The molecule has 7 nitrogen and oxygen atoms in total. The molecule has 1 amide bonds. The first-order valence-electron chi connectivity index (χ1n) is 8.57. The highest BCUT2D eigenvalue weighted by Crippen LogP contribution is 2.33. The number of furan rings is 1.